The summed E-state index contributed by atoms with van der Waals surface area (Å²) in [4.78, 5) is -0.0982. The van der Waals surface area contributed by atoms with Gasteiger partial charge in [0.25, 0.3) is 0 Å². The smallest absolute Gasteiger partial charge is 0.417 e. The van der Waals surface area contributed by atoms with Crippen LogP contribution in [0, 0.1) is 5.82 Å². The molecular weight excluding hydrogens is 452 g/mol. The fraction of sp³-hybridized carbons (Fsp3) is 0.429. The predicted molar refractivity (Wildman–Crippen MR) is 107 cm³/mol. The third-order valence-corrected chi connectivity index (χ3v) is 7.05. The number of alkyl halides is 3. The number of piperidine rings is 1. The molecule has 6 nitrogen and oxygen atoms in total. The van der Waals surface area contributed by atoms with Crippen LogP contribution in [0.5, 0.6) is 5.75 Å². The van der Waals surface area contributed by atoms with Gasteiger partial charge >= 0.3 is 6.18 Å². The van der Waals surface area contributed by atoms with Gasteiger partial charge in [-0.2, -0.15) is 13.2 Å². The Kier molecular flexibility index (Phi) is 5.73. The first-order chi connectivity index (χ1) is 14.9. The molecule has 3 atom stereocenters. The Morgan fingerprint density at radius 1 is 1.16 bits per heavy atom. The fourth-order valence-electron chi connectivity index (χ4n) is 4.39. The summed E-state index contributed by atoms with van der Waals surface area (Å²) < 4.78 is 83.2. The Hall–Kier alpha value is -2.21. The second kappa shape index (κ2) is 7.98. The summed E-state index contributed by atoms with van der Waals surface area (Å²) in [7, 11) is -3.91. The molecule has 0 radical (unpaired) electrons. The maximum Gasteiger partial charge on any atom is 0.417 e. The molecule has 2 aromatic carbocycles. The van der Waals surface area contributed by atoms with Crippen LogP contribution in [0.2, 0.25) is 0 Å². The number of sulfonamides is 1. The van der Waals surface area contributed by atoms with E-state index in [1.807, 2.05) is 0 Å². The molecule has 2 aliphatic rings. The van der Waals surface area contributed by atoms with Crippen LogP contribution in [-0.2, 0) is 16.4 Å². The van der Waals surface area contributed by atoms with E-state index in [-0.39, 0.29) is 24.0 Å². The highest BCUT2D eigenvalue weighted by Gasteiger charge is 2.55. The SMILES string of the molecule is NS(=O)(=O)c1ccc2c(c1)OCC(c1cc(F)ccc1[C@@H]1C[C@](O)(C(F)(F)F)CCN1)C2. The van der Waals surface area contributed by atoms with E-state index in [0.29, 0.717) is 28.9 Å². The van der Waals surface area contributed by atoms with Gasteiger partial charge in [-0.1, -0.05) is 12.1 Å². The number of nitrogens with two attached hydrogens (primary N) is 1. The first-order valence-electron chi connectivity index (χ1n) is 9.98. The number of benzene rings is 2. The second-order valence-corrected chi connectivity index (χ2v) is 9.85. The van der Waals surface area contributed by atoms with Gasteiger partial charge in [-0.3, -0.25) is 0 Å². The van der Waals surface area contributed by atoms with Crippen LogP contribution >= 0.6 is 0 Å². The Morgan fingerprint density at radius 2 is 1.91 bits per heavy atom. The monoisotopic (exact) mass is 474 g/mol. The van der Waals surface area contributed by atoms with Gasteiger partial charge in [-0.25, -0.2) is 17.9 Å². The number of aliphatic hydroxyl groups is 1. The Labute approximate surface area is 182 Å². The molecular formula is C21H22F4N2O4S. The number of fused-ring (bicyclic) bond motifs is 1. The minimum absolute atomic E-state index is 0.0438. The van der Waals surface area contributed by atoms with Crippen molar-refractivity contribution in [3.63, 3.8) is 0 Å². The molecule has 11 heteroatoms. The van der Waals surface area contributed by atoms with Crippen LogP contribution in [0.15, 0.2) is 41.3 Å². The van der Waals surface area contributed by atoms with Crippen molar-refractivity contribution in [3.8, 4) is 5.75 Å². The maximum absolute atomic E-state index is 14.1. The molecule has 0 amide bonds. The van der Waals surface area contributed by atoms with Crippen molar-refractivity contribution in [2.24, 2.45) is 5.14 Å². The largest absolute Gasteiger partial charge is 0.493 e. The van der Waals surface area contributed by atoms with Gasteiger partial charge in [0.15, 0.2) is 5.60 Å². The fourth-order valence-corrected chi connectivity index (χ4v) is 4.92. The average molecular weight is 474 g/mol. The molecule has 4 N–H and O–H groups in total. The summed E-state index contributed by atoms with van der Waals surface area (Å²) in [6, 6.07) is 7.29. The van der Waals surface area contributed by atoms with Crippen LogP contribution in [0.1, 0.15) is 41.5 Å². The van der Waals surface area contributed by atoms with Gasteiger partial charge in [0.1, 0.15) is 11.6 Å². The molecule has 1 unspecified atom stereocenters. The highest BCUT2D eigenvalue weighted by molar-refractivity contribution is 7.89. The van der Waals surface area contributed by atoms with Crippen molar-refractivity contribution >= 4 is 10.0 Å². The van der Waals surface area contributed by atoms with Crippen molar-refractivity contribution in [1.29, 1.82) is 0 Å². The van der Waals surface area contributed by atoms with Crippen molar-refractivity contribution in [2.45, 2.75) is 47.9 Å². The predicted octanol–water partition coefficient (Wildman–Crippen LogP) is 2.91. The standard InChI is InChI=1S/C21H22F4N2O4S/c22-14-2-4-16(18-10-20(28,5-6-27-18)21(23,24)25)17(8-14)13-7-12-1-3-15(32(26,29)30)9-19(12)31-11-13/h1-4,8-9,13,18,27-28H,5-7,10-11H2,(H2,26,29,30)/t13?,18-,20-/m0/s1. The van der Waals surface area contributed by atoms with Gasteiger partial charge in [-0.05, 0) is 54.3 Å². The summed E-state index contributed by atoms with van der Waals surface area (Å²) >= 11 is 0. The molecule has 2 heterocycles. The van der Waals surface area contributed by atoms with Crippen molar-refractivity contribution in [3.05, 3.63) is 58.9 Å². The third kappa shape index (κ3) is 4.34. The molecule has 4 rings (SSSR count). The minimum atomic E-state index is -4.78. The highest BCUT2D eigenvalue weighted by Crippen LogP contribution is 2.44. The molecule has 0 spiro atoms. The molecule has 174 valence electrons. The van der Waals surface area contributed by atoms with E-state index in [1.54, 1.807) is 6.07 Å². The van der Waals surface area contributed by atoms with E-state index < -0.39 is 46.5 Å². The number of ether oxygens (including phenoxy) is 1. The molecule has 32 heavy (non-hydrogen) atoms. The van der Waals surface area contributed by atoms with Crippen LogP contribution in [0.3, 0.4) is 0 Å². The molecule has 0 bridgehead atoms. The normalized spacial score (nSPS) is 26.3. The van der Waals surface area contributed by atoms with Gasteiger partial charge < -0.3 is 15.2 Å². The lowest BCUT2D eigenvalue weighted by Gasteiger charge is -2.40. The Balaban J connectivity index is 1.65. The molecule has 2 aliphatic heterocycles. The van der Waals surface area contributed by atoms with Gasteiger partial charge in [0, 0.05) is 24.4 Å². The number of hydrogen-bond acceptors (Lipinski definition) is 5. The topological polar surface area (TPSA) is 102 Å². The zero-order valence-electron chi connectivity index (χ0n) is 16.8. The van der Waals surface area contributed by atoms with E-state index in [1.165, 1.54) is 30.3 Å². The summed E-state index contributed by atoms with van der Waals surface area (Å²) in [5.41, 5.74) is -1.21. The van der Waals surface area contributed by atoms with Crippen molar-refractivity contribution < 1.29 is 35.8 Å². The van der Waals surface area contributed by atoms with E-state index >= 15 is 0 Å². The first-order valence-corrected chi connectivity index (χ1v) is 11.5. The zero-order chi connectivity index (χ0) is 23.3. The number of rotatable bonds is 3. The van der Waals surface area contributed by atoms with Crippen molar-refractivity contribution in [2.75, 3.05) is 13.2 Å². The molecule has 2 aromatic rings. The number of hydrogen-bond donors (Lipinski definition) is 3. The third-order valence-electron chi connectivity index (χ3n) is 6.14. The average Bonchev–Trinajstić information content (AvgIpc) is 2.71. The lowest BCUT2D eigenvalue weighted by atomic mass is 9.79. The minimum Gasteiger partial charge on any atom is -0.493 e. The summed E-state index contributed by atoms with van der Waals surface area (Å²) in [6.07, 6.45) is -5.46. The number of halogens is 4. The van der Waals surface area contributed by atoms with Gasteiger partial charge in [0.05, 0.1) is 11.5 Å². The molecule has 0 saturated carbocycles. The number of primary sulfonamides is 1. The van der Waals surface area contributed by atoms with Gasteiger partial charge in [-0.15, -0.1) is 0 Å². The van der Waals surface area contributed by atoms with E-state index in [9.17, 15) is 31.1 Å². The Bertz CT molecular complexity index is 1140. The van der Waals surface area contributed by atoms with E-state index in [0.717, 1.165) is 0 Å². The first kappa shape index (κ1) is 23.0. The van der Waals surface area contributed by atoms with Crippen molar-refractivity contribution in [1.82, 2.24) is 5.32 Å². The van der Waals surface area contributed by atoms with Crippen LogP contribution in [0.25, 0.3) is 0 Å². The van der Waals surface area contributed by atoms with E-state index in [4.69, 9.17) is 9.88 Å². The van der Waals surface area contributed by atoms with E-state index in [2.05, 4.69) is 5.32 Å². The lowest BCUT2D eigenvalue weighted by molar-refractivity contribution is -0.271. The quantitative estimate of drug-likeness (QED) is 0.594. The molecule has 1 saturated heterocycles. The van der Waals surface area contributed by atoms with Crippen LogP contribution in [-0.4, -0.2) is 38.5 Å². The molecule has 0 aliphatic carbocycles. The highest BCUT2D eigenvalue weighted by atomic mass is 32.2. The summed E-state index contributed by atoms with van der Waals surface area (Å²) in [5.74, 6) is -0.579. The summed E-state index contributed by atoms with van der Waals surface area (Å²) in [5, 5.41) is 18.3. The van der Waals surface area contributed by atoms with Crippen LogP contribution < -0.4 is 15.2 Å². The van der Waals surface area contributed by atoms with Gasteiger partial charge in [0.2, 0.25) is 10.0 Å². The maximum atomic E-state index is 14.1. The zero-order valence-corrected chi connectivity index (χ0v) is 17.6. The number of nitrogens with one attached hydrogen (secondary N) is 1. The van der Waals surface area contributed by atoms with Crippen LogP contribution in [0.4, 0.5) is 17.6 Å². The Morgan fingerprint density at radius 3 is 2.59 bits per heavy atom. The summed E-state index contributed by atoms with van der Waals surface area (Å²) in [6.45, 7) is 0.0334. The second-order valence-electron chi connectivity index (χ2n) is 8.29. The molecule has 1 fully saturated rings. The molecule has 0 aromatic heterocycles. The lowest BCUT2D eigenvalue weighted by Crippen LogP contribution is -2.53.